The van der Waals surface area contributed by atoms with Gasteiger partial charge in [-0.3, -0.25) is 9.59 Å². The van der Waals surface area contributed by atoms with Crippen LogP contribution in [0.2, 0.25) is 0 Å². The summed E-state index contributed by atoms with van der Waals surface area (Å²) in [4.78, 5) is 25.5. The molecule has 6 heteroatoms. The van der Waals surface area contributed by atoms with E-state index >= 15 is 0 Å². The van der Waals surface area contributed by atoms with E-state index in [-0.39, 0.29) is 11.8 Å². The van der Waals surface area contributed by atoms with Crippen LogP contribution >= 0.6 is 0 Å². The molecule has 1 N–H and O–H groups in total. The van der Waals surface area contributed by atoms with Gasteiger partial charge >= 0.3 is 0 Å². The molecule has 0 aromatic carbocycles. The highest BCUT2D eigenvalue weighted by Crippen LogP contribution is 2.40. The van der Waals surface area contributed by atoms with Crippen molar-refractivity contribution in [1.82, 2.24) is 15.4 Å². The average molecular weight is 291 g/mol. The van der Waals surface area contributed by atoms with Crippen molar-refractivity contribution >= 4 is 11.8 Å². The van der Waals surface area contributed by atoms with Crippen molar-refractivity contribution < 1.29 is 14.1 Å². The van der Waals surface area contributed by atoms with E-state index in [4.69, 9.17) is 4.52 Å². The van der Waals surface area contributed by atoms with E-state index in [1.54, 1.807) is 6.07 Å². The summed E-state index contributed by atoms with van der Waals surface area (Å²) in [5.74, 6) is 1.61. The lowest BCUT2D eigenvalue weighted by Crippen LogP contribution is -2.32. The number of aromatic nitrogens is 1. The highest BCUT2D eigenvalue weighted by atomic mass is 16.5. The Morgan fingerprint density at radius 1 is 1.43 bits per heavy atom. The normalized spacial score (nSPS) is 21.6. The molecule has 2 heterocycles. The summed E-state index contributed by atoms with van der Waals surface area (Å²) in [5, 5.41) is 6.72. The van der Waals surface area contributed by atoms with Crippen molar-refractivity contribution in [2.75, 3.05) is 19.6 Å². The number of nitrogens with one attached hydrogen (secondary N) is 1. The summed E-state index contributed by atoms with van der Waals surface area (Å²) in [6, 6.07) is 1.74. The van der Waals surface area contributed by atoms with Gasteiger partial charge in [-0.05, 0) is 25.2 Å². The van der Waals surface area contributed by atoms with Crippen LogP contribution in [0, 0.1) is 5.92 Å². The second kappa shape index (κ2) is 5.87. The fourth-order valence-corrected chi connectivity index (χ4v) is 2.73. The summed E-state index contributed by atoms with van der Waals surface area (Å²) in [6.07, 6.45) is 3.74. The first-order chi connectivity index (χ1) is 10.2. The topological polar surface area (TPSA) is 75.4 Å². The van der Waals surface area contributed by atoms with Gasteiger partial charge in [0.05, 0.1) is 0 Å². The molecule has 0 bridgehead atoms. The first kappa shape index (κ1) is 14.1. The molecule has 6 nitrogen and oxygen atoms in total. The summed E-state index contributed by atoms with van der Waals surface area (Å²) in [6.45, 7) is 3.99. The zero-order valence-electron chi connectivity index (χ0n) is 12.3. The molecule has 1 atom stereocenters. The number of carbonyl (C=O) groups is 2. The third-order valence-corrected chi connectivity index (χ3v) is 4.23. The van der Waals surface area contributed by atoms with Gasteiger partial charge in [0.1, 0.15) is 5.76 Å². The molecule has 1 aliphatic carbocycles. The molecule has 0 radical (unpaired) electrons. The van der Waals surface area contributed by atoms with Crippen LogP contribution in [0.25, 0.3) is 0 Å². The molecular formula is C15H21N3O3. The minimum absolute atomic E-state index is 0.189. The fourth-order valence-electron chi connectivity index (χ4n) is 2.73. The summed E-state index contributed by atoms with van der Waals surface area (Å²) in [7, 11) is 0. The summed E-state index contributed by atoms with van der Waals surface area (Å²) < 4.78 is 5.18. The largest absolute Gasteiger partial charge is 0.360 e. The van der Waals surface area contributed by atoms with Gasteiger partial charge in [0, 0.05) is 38.0 Å². The van der Waals surface area contributed by atoms with Gasteiger partial charge < -0.3 is 14.7 Å². The smallest absolute Gasteiger partial charge is 0.273 e. The molecule has 2 fully saturated rings. The van der Waals surface area contributed by atoms with Gasteiger partial charge in [0.2, 0.25) is 5.91 Å². The molecule has 2 amide bonds. The number of amides is 2. The van der Waals surface area contributed by atoms with E-state index in [1.165, 1.54) is 0 Å². The summed E-state index contributed by atoms with van der Waals surface area (Å²) in [5.41, 5.74) is 0.358. The molecular weight excluding hydrogens is 270 g/mol. The molecule has 3 rings (SSSR count). The number of hydrogen-bond acceptors (Lipinski definition) is 4. The lowest BCUT2D eigenvalue weighted by atomic mass is 10.1. The Hall–Kier alpha value is -1.85. The maximum absolute atomic E-state index is 12.0. The Morgan fingerprint density at radius 3 is 2.95 bits per heavy atom. The SMILES string of the molecule is CCC(=O)N1CC[C@@H](CNC(=O)c2cc(C3CC3)on2)C1. The minimum atomic E-state index is -0.189. The highest BCUT2D eigenvalue weighted by molar-refractivity contribution is 5.92. The monoisotopic (exact) mass is 291 g/mol. The Bertz CT molecular complexity index is 536. The maximum Gasteiger partial charge on any atom is 0.273 e. The maximum atomic E-state index is 12.0. The van der Waals surface area contributed by atoms with Crippen LogP contribution in [0.3, 0.4) is 0 Å². The van der Waals surface area contributed by atoms with Crippen molar-refractivity contribution in [3.8, 4) is 0 Å². The third kappa shape index (κ3) is 3.25. The third-order valence-electron chi connectivity index (χ3n) is 4.23. The molecule has 114 valence electrons. The number of carbonyl (C=O) groups excluding carboxylic acids is 2. The highest BCUT2D eigenvalue weighted by Gasteiger charge is 2.29. The molecule has 1 aliphatic heterocycles. The fraction of sp³-hybridized carbons (Fsp3) is 0.667. The van der Waals surface area contributed by atoms with Crippen LogP contribution in [-0.4, -0.2) is 41.5 Å². The first-order valence-electron chi connectivity index (χ1n) is 7.70. The number of likely N-dealkylation sites (tertiary alicyclic amines) is 1. The molecule has 21 heavy (non-hydrogen) atoms. The Balaban J connectivity index is 1.46. The first-order valence-corrected chi connectivity index (χ1v) is 7.70. The molecule has 0 spiro atoms. The molecule has 1 aromatic heterocycles. The average Bonchev–Trinajstić information content (AvgIpc) is 3.05. The Kier molecular flexibility index (Phi) is 3.94. The zero-order valence-corrected chi connectivity index (χ0v) is 12.3. The molecule has 1 aromatic rings. The van der Waals surface area contributed by atoms with E-state index in [1.807, 2.05) is 11.8 Å². The van der Waals surface area contributed by atoms with Crippen molar-refractivity contribution in [2.24, 2.45) is 5.92 Å². The number of nitrogens with zero attached hydrogens (tertiary/aromatic N) is 2. The van der Waals surface area contributed by atoms with E-state index in [2.05, 4.69) is 10.5 Å². The van der Waals surface area contributed by atoms with Crippen LogP contribution in [0.15, 0.2) is 10.6 Å². The van der Waals surface area contributed by atoms with E-state index in [0.29, 0.717) is 30.5 Å². The minimum Gasteiger partial charge on any atom is -0.360 e. The molecule has 1 saturated carbocycles. The Morgan fingerprint density at radius 2 is 2.24 bits per heavy atom. The van der Waals surface area contributed by atoms with Gasteiger partial charge in [-0.15, -0.1) is 0 Å². The summed E-state index contributed by atoms with van der Waals surface area (Å²) >= 11 is 0. The second-order valence-electron chi connectivity index (χ2n) is 5.95. The Labute approximate surface area is 123 Å². The van der Waals surface area contributed by atoms with Gasteiger partial charge in [-0.1, -0.05) is 12.1 Å². The van der Waals surface area contributed by atoms with Crippen molar-refractivity contribution in [1.29, 1.82) is 0 Å². The quantitative estimate of drug-likeness (QED) is 0.893. The lowest BCUT2D eigenvalue weighted by molar-refractivity contribution is -0.129. The molecule has 0 unspecified atom stereocenters. The van der Waals surface area contributed by atoms with Crippen molar-refractivity contribution in [3.63, 3.8) is 0 Å². The lowest BCUT2D eigenvalue weighted by Gasteiger charge is -2.15. The van der Waals surface area contributed by atoms with E-state index in [0.717, 1.165) is 38.1 Å². The van der Waals surface area contributed by atoms with Gasteiger partial charge in [-0.25, -0.2) is 0 Å². The molecule has 2 aliphatic rings. The second-order valence-corrected chi connectivity index (χ2v) is 5.95. The number of hydrogen-bond donors (Lipinski definition) is 1. The predicted molar refractivity (Wildman–Crippen MR) is 75.8 cm³/mol. The van der Waals surface area contributed by atoms with Crippen LogP contribution in [-0.2, 0) is 4.79 Å². The number of rotatable bonds is 5. The molecule has 1 saturated heterocycles. The van der Waals surface area contributed by atoms with E-state index < -0.39 is 0 Å². The van der Waals surface area contributed by atoms with Gasteiger partial charge in [-0.2, -0.15) is 0 Å². The standard InChI is InChI=1S/C15H21N3O3/c1-2-14(19)18-6-5-10(9-18)8-16-15(20)12-7-13(21-17-12)11-3-4-11/h7,10-11H,2-6,8-9H2,1H3,(H,16,20)/t10-/m0/s1. The van der Waals surface area contributed by atoms with Crippen LogP contribution in [0.5, 0.6) is 0 Å². The predicted octanol–water partition coefficient (Wildman–Crippen LogP) is 1.54. The van der Waals surface area contributed by atoms with Gasteiger partial charge in [0.25, 0.3) is 5.91 Å². The van der Waals surface area contributed by atoms with Crippen LogP contribution in [0.4, 0.5) is 0 Å². The van der Waals surface area contributed by atoms with E-state index in [9.17, 15) is 9.59 Å². The zero-order chi connectivity index (χ0) is 14.8. The van der Waals surface area contributed by atoms with Crippen molar-refractivity contribution in [2.45, 2.75) is 38.5 Å². The van der Waals surface area contributed by atoms with Crippen LogP contribution < -0.4 is 5.32 Å². The van der Waals surface area contributed by atoms with Crippen molar-refractivity contribution in [3.05, 3.63) is 17.5 Å². The van der Waals surface area contributed by atoms with Gasteiger partial charge in [0.15, 0.2) is 5.69 Å². The van der Waals surface area contributed by atoms with Crippen LogP contribution in [0.1, 0.15) is 54.8 Å².